The Morgan fingerprint density at radius 1 is 1.12 bits per heavy atom. The smallest absolute Gasteiger partial charge is 0.223 e. The SMILES string of the molecule is CCNc1ncc(F)c(-c2c(-c3cccc(C)c3)nn3ccccc23)n1. The zero-order valence-electron chi connectivity index (χ0n) is 14.6. The van der Waals surface area contributed by atoms with Gasteiger partial charge in [-0.1, -0.05) is 29.8 Å². The van der Waals surface area contributed by atoms with E-state index < -0.39 is 5.82 Å². The number of nitrogens with zero attached hydrogens (tertiary/aromatic N) is 4. The predicted molar refractivity (Wildman–Crippen MR) is 101 cm³/mol. The summed E-state index contributed by atoms with van der Waals surface area (Å²) in [5, 5.41) is 7.72. The molecule has 4 rings (SSSR count). The number of aromatic nitrogens is 4. The van der Waals surface area contributed by atoms with E-state index in [1.807, 2.05) is 62.5 Å². The fraction of sp³-hybridized carbons (Fsp3) is 0.150. The first-order valence-electron chi connectivity index (χ1n) is 8.48. The van der Waals surface area contributed by atoms with Gasteiger partial charge >= 0.3 is 0 Å². The van der Waals surface area contributed by atoms with E-state index in [2.05, 4.69) is 20.4 Å². The molecule has 0 fully saturated rings. The lowest BCUT2D eigenvalue weighted by molar-refractivity contribution is 0.619. The van der Waals surface area contributed by atoms with Crippen molar-refractivity contribution in [3.63, 3.8) is 0 Å². The molecule has 3 aromatic heterocycles. The van der Waals surface area contributed by atoms with Gasteiger partial charge in [0.25, 0.3) is 0 Å². The maximum atomic E-state index is 14.7. The third-order valence-electron chi connectivity index (χ3n) is 4.15. The average Bonchev–Trinajstić information content (AvgIpc) is 3.03. The Bertz CT molecular complexity index is 1090. The van der Waals surface area contributed by atoms with Crippen LogP contribution in [0.4, 0.5) is 10.3 Å². The van der Waals surface area contributed by atoms with Gasteiger partial charge in [-0.25, -0.2) is 18.9 Å². The second kappa shape index (κ2) is 6.55. The number of pyridine rings is 1. The Balaban J connectivity index is 2.03. The largest absolute Gasteiger partial charge is 0.354 e. The lowest BCUT2D eigenvalue weighted by atomic mass is 10.0. The van der Waals surface area contributed by atoms with Gasteiger partial charge in [-0.15, -0.1) is 0 Å². The standard InChI is InChI=1S/C20H18FN5/c1-3-22-20-23-12-15(21)19(24-20)17-16-9-4-5-10-26(16)25-18(17)14-8-6-7-13(2)11-14/h4-12H,3H2,1-2H3,(H,22,23,24). The van der Waals surface area contributed by atoms with E-state index in [1.54, 1.807) is 4.52 Å². The quantitative estimate of drug-likeness (QED) is 0.597. The summed E-state index contributed by atoms with van der Waals surface area (Å²) in [5.74, 6) is -0.0753. The molecule has 0 aliphatic rings. The van der Waals surface area contributed by atoms with Crippen LogP contribution in [0.25, 0.3) is 28.0 Å². The molecule has 1 aromatic carbocycles. The minimum absolute atomic E-state index is 0.244. The van der Waals surface area contributed by atoms with Crippen LogP contribution in [0, 0.1) is 12.7 Å². The molecule has 3 heterocycles. The van der Waals surface area contributed by atoms with E-state index in [4.69, 9.17) is 0 Å². The minimum atomic E-state index is -0.473. The van der Waals surface area contributed by atoms with Crippen molar-refractivity contribution in [2.24, 2.45) is 0 Å². The number of rotatable bonds is 4. The zero-order chi connectivity index (χ0) is 18.1. The van der Waals surface area contributed by atoms with Gasteiger partial charge in [-0.3, -0.25) is 0 Å². The molecule has 0 aliphatic carbocycles. The fourth-order valence-corrected chi connectivity index (χ4v) is 3.01. The van der Waals surface area contributed by atoms with Crippen LogP contribution in [0.1, 0.15) is 12.5 Å². The third kappa shape index (κ3) is 2.79. The summed E-state index contributed by atoms with van der Waals surface area (Å²) in [5.41, 5.74) is 4.43. The summed E-state index contributed by atoms with van der Waals surface area (Å²) >= 11 is 0. The molecule has 26 heavy (non-hydrogen) atoms. The summed E-state index contributed by atoms with van der Waals surface area (Å²) in [6, 6.07) is 13.7. The highest BCUT2D eigenvalue weighted by atomic mass is 19.1. The van der Waals surface area contributed by atoms with Crippen molar-refractivity contribution in [1.82, 2.24) is 19.6 Å². The van der Waals surface area contributed by atoms with Crippen molar-refractivity contribution < 1.29 is 4.39 Å². The molecular formula is C20H18FN5. The molecule has 0 aliphatic heterocycles. The second-order valence-corrected chi connectivity index (χ2v) is 6.04. The molecule has 0 amide bonds. The average molecular weight is 347 g/mol. The summed E-state index contributed by atoms with van der Waals surface area (Å²) in [4.78, 5) is 8.42. The molecule has 0 bridgehead atoms. The van der Waals surface area contributed by atoms with Crippen LogP contribution in [-0.2, 0) is 0 Å². The summed E-state index contributed by atoms with van der Waals surface area (Å²) in [7, 11) is 0. The van der Waals surface area contributed by atoms with Crippen molar-refractivity contribution in [1.29, 1.82) is 0 Å². The highest BCUT2D eigenvalue weighted by Gasteiger charge is 2.21. The molecule has 0 unspecified atom stereocenters. The van der Waals surface area contributed by atoms with Crippen molar-refractivity contribution in [3.05, 3.63) is 66.2 Å². The normalized spacial score (nSPS) is 11.0. The van der Waals surface area contributed by atoms with Crippen LogP contribution in [-0.4, -0.2) is 26.1 Å². The maximum absolute atomic E-state index is 14.7. The van der Waals surface area contributed by atoms with Gasteiger partial charge in [0.1, 0.15) is 11.4 Å². The van der Waals surface area contributed by atoms with Crippen molar-refractivity contribution >= 4 is 11.5 Å². The van der Waals surface area contributed by atoms with Gasteiger partial charge in [-0.05, 0) is 32.0 Å². The molecule has 0 atom stereocenters. The number of hydrogen-bond acceptors (Lipinski definition) is 4. The zero-order valence-corrected chi connectivity index (χ0v) is 14.6. The number of nitrogens with one attached hydrogen (secondary N) is 1. The molecule has 130 valence electrons. The van der Waals surface area contributed by atoms with E-state index in [1.165, 1.54) is 6.20 Å². The fourth-order valence-electron chi connectivity index (χ4n) is 3.01. The Hall–Kier alpha value is -3.28. The first kappa shape index (κ1) is 16.2. The number of aryl methyl sites for hydroxylation is 1. The molecule has 4 aromatic rings. The topological polar surface area (TPSA) is 55.1 Å². The molecule has 0 saturated carbocycles. The summed E-state index contributed by atoms with van der Waals surface area (Å²) < 4.78 is 16.4. The molecule has 0 spiro atoms. The number of benzene rings is 1. The van der Waals surface area contributed by atoms with Crippen LogP contribution < -0.4 is 5.32 Å². The number of anilines is 1. The lowest BCUT2D eigenvalue weighted by Gasteiger charge is -2.07. The van der Waals surface area contributed by atoms with Gasteiger partial charge in [0, 0.05) is 18.3 Å². The molecule has 1 N–H and O–H groups in total. The Morgan fingerprint density at radius 3 is 2.81 bits per heavy atom. The second-order valence-electron chi connectivity index (χ2n) is 6.04. The highest BCUT2D eigenvalue weighted by molar-refractivity contribution is 5.91. The third-order valence-corrected chi connectivity index (χ3v) is 4.15. The van der Waals surface area contributed by atoms with Crippen molar-refractivity contribution in [2.75, 3.05) is 11.9 Å². The van der Waals surface area contributed by atoms with Gasteiger partial charge in [0.15, 0.2) is 5.82 Å². The number of fused-ring (bicyclic) bond motifs is 1. The number of halogens is 1. The van der Waals surface area contributed by atoms with Gasteiger partial charge in [0.2, 0.25) is 5.95 Å². The molecule has 6 heteroatoms. The molecule has 5 nitrogen and oxygen atoms in total. The maximum Gasteiger partial charge on any atom is 0.223 e. The number of hydrogen-bond donors (Lipinski definition) is 1. The summed E-state index contributed by atoms with van der Waals surface area (Å²) in [6.07, 6.45) is 3.05. The van der Waals surface area contributed by atoms with Gasteiger partial charge < -0.3 is 5.32 Å². The van der Waals surface area contributed by atoms with Gasteiger partial charge in [0.05, 0.1) is 17.3 Å². The van der Waals surface area contributed by atoms with Crippen LogP contribution >= 0.6 is 0 Å². The molecule has 0 saturated heterocycles. The minimum Gasteiger partial charge on any atom is -0.354 e. The monoisotopic (exact) mass is 347 g/mol. The first-order chi connectivity index (χ1) is 12.7. The van der Waals surface area contributed by atoms with Crippen LogP contribution in [0.2, 0.25) is 0 Å². The van der Waals surface area contributed by atoms with Crippen LogP contribution in [0.15, 0.2) is 54.9 Å². The Labute approximate surface area is 150 Å². The van der Waals surface area contributed by atoms with Crippen LogP contribution in [0.3, 0.4) is 0 Å². The Morgan fingerprint density at radius 2 is 2.00 bits per heavy atom. The van der Waals surface area contributed by atoms with E-state index in [9.17, 15) is 4.39 Å². The first-order valence-corrected chi connectivity index (χ1v) is 8.48. The van der Waals surface area contributed by atoms with E-state index in [0.29, 0.717) is 23.8 Å². The van der Waals surface area contributed by atoms with E-state index >= 15 is 0 Å². The van der Waals surface area contributed by atoms with Crippen molar-refractivity contribution in [3.8, 4) is 22.5 Å². The molecule has 0 radical (unpaired) electrons. The Kier molecular flexibility index (Phi) is 4.08. The van der Waals surface area contributed by atoms with Gasteiger partial charge in [-0.2, -0.15) is 5.10 Å². The lowest BCUT2D eigenvalue weighted by Crippen LogP contribution is -2.04. The highest BCUT2D eigenvalue weighted by Crippen LogP contribution is 2.35. The van der Waals surface area contributed by atoms with Crippen LogP contribution in [0.5, 0.6) is 0 Å². The summed E-state index contributed by atoms with van der Waals surface area (Å²) in [6.45, 7) is 4.62. The van der Waals surface area contributed by atoms with E-state index in [0.717, 1.165) is 16.6 Å². The van der Waals surface area contributed by atoms with Crippen molar-refractivity contribution in [2.45, 2.75) is 13.8 Å². The van der Waals surface area contributed by atoms with E-state index in [-0.39, 0.29) is 5.69 Å². The molecular weight excluding hydrogens is 329 g/mol. The predicted octanol–water partition coefficient (Wildman–Crippen LogP) is 4.34.